The van der Waals surface area contributed by atoms with E-state index in [-0.39, 0.29) is 6.15 Å². The molecule has 8 heavy (non-hydrogen) atoms. The third-order valence-corrected chi connectivity index (χ3v) is 0.271. The second kappa shape index (κ2) is 36.9. The van der Waals surface area contributed by atoms with Crippen LogP contribution in [-0.4, -0.2) is 13.1 Å². The van der Waals surface area contributed by atoms with E-state index in [0.717, 1.165) is 6.29 Å². The molecule has 0 bridgehead atoms. The highest BCUT2D eigenvalue weighted by molar-refractivity contribution is 5.64. The molecule has 0 saturated carbocycles. The number of carbonyl (C=O) groups is 2. The van der Waals surface area contributed by atoms with Crippen molar-refractivity contribution in [3.8, 4) is 0 Å². The standard InChI is InChI=1S/C4H6O.CH2O.H3N/c1-2-3-4-5;1-2;/h2-4H,1H3;1H2;1H3/b3-2+;;. The lowest BCUT2D eigenvalue weighted by Gasteiger charge is -1.51. The SMILES string of the molecule is C/C=C/C=O.C=O.N. The van der Waals surface area contributed by atoms with Crippen molar-refractivity contribution in [2.45, 2.75) is 6.92 Å². The quantitative estimate of drug-likeness (QED) is 0.406. The zero-order valence-corrected chi connectivity index (χ0v) is 4.96. The van der Waals surface area contributed by atoms with E-state index in [1.807, 2.05) is 6.79 Å². The molecular weight excluding hydrogens is 106 g/mol. The maximum absolute atomic E-state index is 9.32. The van der Waals surface area contributed by atoms with Crippen LogP contribution in [0.3, 0.4) is 0 Å². The van der Waals surface area contributed by atoms with Crippen LogP contribution in [0.1, 0.15) is 6.92 Å². The van der Waals surface area contributed by atoms with Gasteiger partial charge in [0.05, 0.1) is 0 Å². The van der Waals surface area contributed by atoms with Gasteiger partial charge in [-0.3, -0.25) is 4.79 Å². The van der Waals surface area contributed by atoms with Gasteiger partial charge >= 0.3 is 0 Å². The molecule has 0 aliphatic carbocycles. The van der Waals surface area contributed by atoms with E-state index < -0.39 is 0 Å². The number of aldehydes is 1. The summed E-state index contributed by atoms with van der Waals surface area (Å²) in [6.07, 6.45) is 3.88. The molecule has 0 unspecified atom stereocenters. The first-order chi connectivity index (χ1) is 3.41. The van der Waals surface area contributed by atoms with Crippen LogP contribution in [0.2, 0.25) is 0 Å². The molecule has 48 valence electrons. The molecule has 3 nitrogen and oxygen atoms in total. The van der Waals surface area contributed by atoms with Crippen molar-refractivity contribution in [3.05, 3.63) is 12.2 Å². The van der Waals surface area contributed by atoms with Crippen LogP contribution in [-0.2, 0) is 9.59 Å². The van der Waals surface area contributed by atoms with E-state index in [4.69, 9.17) is 4.79 Å². The van der Waals surface area contributed by atoms with Crippen LogP contribution < -0.4 is 6.15 Å². The Hall–Kier alpha value is -0.960. The van der Waals surface area contributed by atoms with E-state index in [1.165, 1.54) is 6.08 Å². The maximum Gasteiger partial charge on any atom is 0.142 e. The Kier molecular flexibility index (Phi) is 72.5. The van der Waals surface area contributed by atoms with Gasteiger partial charge < -0.3 is 10.9 Å². The molecule has 0 radical (unpaired) electrons. The third kappa shape index (κ3) is 76.1. The molecule has 0 spiro atoms. The van der Waals surface area contributed by atoms with Gasteiger partial charge in [-0.1, -0.05) is 6.08 Å². The first-order valence-electron chi connectivity index (χ1n) is 1.77. The average Bonchev–Trinajstić information content (AvgIpc) is 1.75. The molecule has 0 aliphatic rings. The van der Waals surface area contributed by atoms with Crippen molar-refractivity contribution in [1.82, 2.24) is 6.15 Å². The highest BCUT2D eigenvalue weighted by Gasteiger charge is 1.48. The predicted molar refractivity (Wildman–Crippen MR) is 33.0 cm³/mol. The molecule has 0 atom stereocenters. The summed E-state index contributed by atoms with van der Waals surface area (Å²) < 4.78 is 0. The first kappa shape index (κ1) is 15.7. The smallest absolute Gasteiger partial charge is 0.142 e. The normalized spacial score (nSPS) is 6.12. The maximum atomic E-state index is 9.32. The Morgan fingerprint density at radius 3 is 1.75 bits per heavy atom. The fraction of sp³-hybridized carbons (Fsp3) is 0.200. The molecule has 3 heteroatoms. The van der Waals surface area contributed by atoms with E-state index >= 15 is 0 Å². The third-order valence-electron chi connectivity index (χ3n) is 0.271. The highest BCUT2D eigenvalue weighted by Crippen LogP contribution is 1.55. The van der Waals surface area contributed by atoms with Crippen molar-refractivity contribution < 1.29 is 9.59 Å². The number of carbonyl (C=O) groups excluding carboxylic acids is 2. The second-order valence-electron chi connectivity index (χ2n) is 0.662. The van der Waals surface area contributed by atoms with Gasteiger partial charge in [-0.15, -0.1) is 0 Å². The van der Waals surface area contributed by atoms with Gasteiger partial charge in [0.2, 0.25) is 0 Å². The lowest BCUT2D eigenvalue weighted by Crippen LogP contribution is -1.50. The van der Waals surface area contributed by atoms with Crippen LogP contribution in [0.25, 0.3) is 0 Å². The zero-order valence-electron chi connectivity index (χ0n) is 4.96. The van der Waals surface area contributed by atoms with Gasteiger partial charge in [-0.05, 0) is 13.0 Å². The minimum absolute atomic E-state index is 0. The van der Waals surface area contributed by atoms with E-state index in [2.05, 4.69) is 0 Å². The molecule has 3 N–H and O–H groups in total. The lowest BCUT2D eigenvalue weighted by molar-refractivity contribution is -0.104. The molecule has 0 heterocycles. The summed E-state index contributed by atoms with van der Waals surface area (Å²) in [4.78, 5) is 17.3. The van der Waals surface area contributed by atoms with E-state index in [1.54, 1.807) is 13.0 Å². The molecule has 0 aromatic carbocycles. The molecule has 0 aromatic rings. The molecular formula is C5H11NO2. The summed E-state index contributed by atoms with van der Waals surface area (Å²) in [7, 11) is 0. The van der Waals surface area contributed by atoms with Gasteiger partial charge in [0.15, 0.2) is 0 Å². The van der Waals surface area contributed by atoms with Crippen molar-refractivity contribution in [3.63, 3.8) is 0 Å². The molecule has 0 amide bonds. The van der Waals surface area contributed by atoms with Crippen molar-refractivity contribution in [2.24, 2.45) is 0 Å². The van der Waals surface area contributed by atoms with E-state index in [9.17, 15) is 4.79 Å². The summed E-state index contributed by atoms with van der Waals surface area (Å²) in [5.74, 6) is 0. The van der Waals surface area contributed by atoms with Gasteiger partial charge in [0.1, 0.15) is 13.1 Å². The van der Waals surface area contributed by atoms with Gasteiger partial charge in [0, 0.05) is 0 Å². The fourth-order valence-corrected chi connectivity index (χ4v) is 0.0786. The summed E-state index contributed by atoms with van der Waals surface area (Å²) in [5.41, 5.74) is 0. The van der Waals surface area contributed by atoms with Crippen LogP contribution >= 0.6 is 0 Å². The van der Waals surface area contributed by atoms with Gasteiger partial charge in [0.25, 0.3) is 0 Å². The van der Waals surface area contributed by atoms with Crippen molar-refractivity contribution in [2.75, 3.05) is 0 Å². The predicted octanol–water partition coefficient (Wildman–Crippen LogP) is 0.738. The lowest BCUT2D eigenvalue weighted by atomic mass is 10.6. The summed E-state index contributed by atoms with van der Waals surface area (Å²) in [6, 6.07) is 0. The minimum atomic E-state index is 0. The Morgan fingerprint density at radius 1 is 1.38 bits per heavy atom. The van der Waals surface area contributed by atoms with Gasteiger partial charge in [-0.2, -0.15) is 0 Å². The van der Waals surface area contributed by atoms with E-state index in [0.29, 0.717) is 0 Å². The van der Waals surface area contributed by atoms with Crippen LogP contribution in [0.15, 0.2) is 12.2 Å². The Morgan fingerprint density at radius 2 is 1.75 bits per heavy atom. The van der Waals surface area contributed by atoms with Crippen molar-refractivity contribution >= 4 is 13.1 Å². The number of allylic oxidation sites excluding steroid dienone is 2. The topological polar surface area (TPSA) is 69.1 Å². The highest BCUT2D eigenvalue weighted by atomic mass is 16.1. The molecule has 0 rings (SSSR count). The minimum Gasteiger partial charge on any atom is -0.344 e. The summed E-state index contributed by atoms with van der Waals surface area (Å²) in [6.45, 7) is 3.80. The first-order valence-corrected chi connectivity index (χ1v) is 1.77. The zero-order chi connectivity index (χ0) is 6.12. The largest absolute Gasteiger partial charge is 0.344 e. The fourth-order valence-electron chi connectivity index (χ4n) is 0.0786. The Bertz CT molecular complexity index is 61.4. The Labute approximate surface area is 49.0 Å². The Balaban J connectivity index is -0.0000000750. The average molecular weight is 117 g/mol. The number of hydrogen-bond acceptors (Lipinski definition) is 3. The van der Waals surface area contributed by atoms with Crippen molar-refractivity contribution in [1.29, 1.82) is 0 Å². The number of hydrogen-bond donors (Lipinski definition) is 1. The molecule has 0 saturated heterocycles. The molecule has 0 aliphatic heterocycles. The monoisotopic (exact) mass is 117 g/mol. The summed E-state index contributed by atoms with van der Waals surface area (Å²) in [5, 5.41) is 0. The molecule has 0 fully saturated rings. The van der Waals surface area contributed by atoms with Crippen LogP contribution in [0, 0.1) is 0 Å². The van der Waals surface area contributed by atoms with Crippen LogP contribution in [0.5, 0.6) is 0 Å². The number of rotatable bonds is 1. The van der Waals surface area contributed by atoms with Gasteiger partial charge in [-0.25, -0.2) is 0 Å². The molecule has 0 aromatic heterocycles. The summed E-state index contributed by atoms with van der Waals surface area (Å²) >= 11 is 0. The second-order valence-corrected chi connectivity index (χ2v) is 0.662. The van der Waals surface area contributed by atoms with Crippen LogP contribution in [0.4, 0.5) is 0 Å².